The molecule has 0 saturated carbocycles. The van der Waals surface area contributed by atoms with Crippen molar-refractivity contribution in [3.63, 3.8) is 0 Å². The number of nitrogens with zero attached hydrogens (tertiary/aromatic N) is 1. The molecule has 100 valence electrons. The zero-order chi connectivity index (χ0) is 13.7. The van der Waals surface area contributed by atoms with E-state index in [-0.39, 0.29) is 6.03 Å². The number of para-hydroxylation sites is 1. The predicted octanol–water partition coefficient (Wildman–Crippen LogP) is 2.31. The van der Waals surface area contributed by atoms with Crippen molar-refractivity contribution in [3.8, 4) is 0 Å². The number of hydrogen-bond acceptors (Lipinski definition) is 3. The van der Waals surface area contributed by atoms with E-state index in [1.165, 1.54) is 0 Å². The standard InChI is InChI=1S/C14H17N3O2/c1-10-9-16-12-6-4-3-5-11(12)13(10)17-14(18)15-7-8-19-2/h3-6,9H,7-8H2,1-2H3,(H2,15,16,17,18). The Morgan fingerprint density at radius 1 is 1.37 bits per heavy atom. The highest BCUT2D eigenvalue weighted by atomic mass is 16.5. The summed E-state index contributed by atoms with van der Waals surface area (Å²) in [7, 11) is 1.60. The Morgan fingerprint density at radius 3 is 2.95 bits per heavy atom. The average Bonchev–Trinajstić information content (AvgIpc) is 2.42. The molecule has 0 radical (unpaired) electrons. The van der Waals surface area contributed by atoms with Gasteiger partial charge in [0.1, 0.15) is 0 Å². The lowest BCUT2D eigenvalue weighted by Gasteiger charge is -2.12. The van der Waals surface area contributed by atoms with E-state index in [4.69, 9.17) is 4.74 Å². The van der Waals surface area contributed by atoms with Crippen LogP contribution >= 0.6 is 0 Å². The van der Waals surface area contributed by atoms with Crippen molar-refractivity contribution in [2.45, 2.75) is 6.92 Å². The number of fused-ring (bicyclic) bond motifs is 1. The Balaban J connectivity index is 2.19. The second-order valence-electron chi connectivity index (χ2n) is 4.21. The zero-order valence-corrected chi connectivity index (χ0v) is 11.1. The maximum atomic E-state index is 11.8. The smallest absolute Gasteiger partial charge is 0.319 e. The van der Waals surface area contributed by atoms with Gasteiger partial charge in [-0.05, 0) is 18.6 Å². The van der Waals surface area contributed by atoms with Gasteiger partial charge in [0.05, 0.1) is 17.8 Å². The number of rotatable bonds is 4. The van der Waals surface area contributed by atoms with Crippen molar-refractivity contribution in [3.05, 3.63) is 36.0 Å². The van der Waals surface area contributed by atoms with Crippen molar-refractivity contribution in [2.75, 3.05) is 25.6 Å². The number of aromatic nitrogens is 1. The maximum Gasteiger partial charge on any atom is 0.319 e. The minimum atomic E-state index is -0.239. The first kappa shape index (κ1) is 13.3. The number of hydrogen-bond donors (Lipinski definition) is 2. The lowest BCUT2D eigenvalue weighted by Crippen LogP contribution is -2.31. The van der Waals surface area contributed by atoms with Crippen molar-refractivity contribution in [2.24, 2.45) is 0 Å². The molecule has 19 heavy (non-hydrogen) atoms. The van der Waals surface area contributed by atoms with Crippen molar-refractivity contribution in [1.29, 1.82) is 0 Å². The molecule has 0 atom stereocenters. The van der Waals surface area contributed by atoms with Crippen LogP contribution in [-0.4, -0.2) is 31.3 Å². The van der Waals surface area contributed by atoms with Gasteiger partial charge in [0.15, 0.2) is 0 Å². The van der Waals surface area contributed by atoms with Gasteiger partial charge in [-0.3, -0.25) is 4.98 Å². The van der Waals surface area contributed by atoms with Gasteiger partial charge in [0.2, 0.25) is 0 Å². The van der Waals surface area contributed by atoms with Crippen LogP contribution in [0.15, 0.2) is 30.5 Å². The second kappa shape index (κ2) is 6.15. The van der Waals surface area contributed by atoms with Gasteiger partial charge in [0.25, 0.3) is 0 Å². The van der Waals surface area contributed by atoms with Gasteiger partial charge in [-0.1, -0.05) is 18.2 Å². The summed E-state index contributed by atoms with van der Waals surface area (Å²) in [6.07, 6.45) is 1.76. The van der Waals surface area contributed by atoms with E-state index in [1.54, 1.807) is 13.3 Å². The highest BCUT2D eigenvalue weighted by Gasteiger charge is 2.08. The third-order valence-electron chi connectivity index (χ3n) is 2.80. The summed E-state index contributed by atoms with van der Waals surface area (Å²) in [5, 5.41) is 6.53. The van der Waals surface area contributed by atoms with E-state index in [9.17, 15) is 4.79 Å². The molecule has 2 amide bonds. The van der Waals surface area contributed by atoms with Crippen LogP contribution in [0.1, 0.15) is 5.56 Å². The number of amides is 2. The van der Waals surface area contributed by atoms with Gasteiger partial charge in [-0.15, -0.1) is 0 Å². The molecule has 1 aromatic carbocycles. The normalized spacial score (nSPS) is 10.4. The molecule has 2 N–H and O–H groups in total. The van der Waals surface area contributed by atoms with Crippen LogP contribution in [0.4, 0.5) is 10.5 Å². The van der Waals surface area contributed by atoms with E-state index in [0.717, 1.165) is 22.2 Å². The largest absolute Gasteiger partial charge is 0.383 e. The number of pyridine rings is 1. The molecule has 0 unspecified atom stereocenters. The SMILES string of the molecule is COCCNC(=O)Nc1c(C)cnc2ccccc12. The first-order valence-electron chi connectivity index (χ1n) is 6.10. The van der Waals surface area contributed by atoms with Crippen molar-refractivity contribution in [1.82, 2.24) is 10.3 Å². The molecular weight excluding hydrogens is 242 g/mol. The molecule has 0 aliphatic rings. The van der Waals surface area contributed by atoms with Gasteiger partial charge in [-0.2, -0.15) is 0 Å². The molecule has 2 rings (SSSR count). The lowest BCUT2D eigenvalue weighted by molar-refractivity contribution is 0.198. The maximum absolute atomic E-state index is 11.8. The van der Waals surface area contributed by atoms with Gasteiger partial charge < -0.3 is 15.4 Å². The number of carbonyl (C=O) groups excluding carboxylic acids is 1. The summed E-state index contributed by atoms with van der Waals surface area (Å²) in [5.41, 5.74) is 2.58. The summed E-state index contributed by atoms with van der Waals surface area (Å²) < 4.78 is 4.88. The van der Waals surface area contributed by atoms with Crippen LogP contribution in [0.2, 0.25) is 0 Å². The zero-order valence-electron chi connectivity index (χ0n) is 11.1. The van der Waals surface area contributed by atoms with Gasteiger partial charge >= 0.3 is 6.03 Å². The molecule has 0 aliphatic heterocycles. The average molecular weight is 259 g/mol. The fourth-order valence-electron chi connectivity index (χ4n) is 1.83. The number of nitrogens with one attached hydrogen (secondary N) is 2. The van der Waals surface area contributed by atoms with Gasteiger partial charge in [0, 0.05) is 25.2 Å². The third kappa shape index (κ3) is 3.20. The van der Waals surface area contributed by atoms with Crippen LogP contribution in [0.3, 0.4) is 0 Å². The van der Waals surface area contributed by atoms with E-state index in [1.807, 2.05) is 31.2 Å². The van der Waals surface area contributed by atoms with E-state index >= 15 is 0 Å². The van der Waals surface area contributed by atoms with Crippen molar-refractivity contribution >= 4 is 22.6 Å². The Bertz CT molecular complexity index is 584. The Labute approximate surface area is 112 Å². The minimum Gasteiger partial charge on any atom is -0.383 e. The number of ether oxygens (including phenoxy) is 1. The summed E-state index contributed by atoms with van der Waals surface area (Å²) in [5.74, 6) is 0. The number of aryl methyl sites for hydroxylation is 1. The molecule has 0 spiro atoms. The fraction of sp³-hybridized carbons (Fsp3) is 0.286. The Hall–Kier alpha value is -2.14. The topological polar surface area (TPSA) is 63.2 Å². The fourth-order valence-corrected chi connectivity index (χ4v) is 1.83. The van der Waals surface area contributed by atoms with Crippen LogP contribution in [-0.2, 0) is 4.74 Å². The van der Waals surface area contributed by atoms with Crippen molar-refractivity contribution < 1.29 is 9.53 Å². The third-order valence-corrected chi connectivity index (χ3v) is 2.80. The molecule has 0 bridgehead atoms. The predicted molar refractivity (Wildman–Crippen MR) is 75.4 cm³/mol. The number of anilines is 1. The first-order chi connectivity index (χ1) is 9.22. The highest BCUT2D eigenvalue weighted by molar-refractivity contribution is 6.01. The Kier molecular flexibility index (Phi) is 4.30. The van der Waals surface area contributed by atoms with Crippen LogP contribution in [0.25, 0.3) is 10.9 Å². The number of urea groups is 1. The minimum absolute atomic E-state index is 0.239. The molecule has 0 aliphatic carbocycles. The van der Waals surface area contributed by atoms with Crippen LogP contribution in [0.5, 0.6) is 0 Å². The number of methoxy groups -OCH3 is 1. The molecular formula is C14H17N3O2. The second-order valence-corrected chi connectivity index (χ2v) is 4.21. The van der Waals surface area contributed by atoms with Crippen LogP contribution < -0.4 is 10.6 Å². The Morgan fingerprint density at radius 2 is 2.16 bits per heavy atom. The van der Waals surface area contributed by atoms with Crippen LogP contribution in [0, 0.1) is 6.92 Å². The van der Waals surface area contributed by atoms with Gasteiger partial charge in [-0.25, -0.2) is 4.79 Å². The lowest BCUT2D eigenvalue weighted by atomic mass is 10.1. The first-order valence-corrected chi connectivity index (χ1v) is 6.10. The summed E-state index contributed by atoms with van der Waals surface area (Å²) in [6, 6.07) is 7.48. The summed E-state index contributed by atoms with van der Waals surface area (Å²) >= 11 is 0. The molecule has 2 aromatic rings. The molecule has 0 fully saturated rings. The molecule has 0 saturated heterocycles. The van der Waals surface area contributed by atoms with E-state index in [2.05, 4.69) is 15.6 Å². The quantitative estimate of drug-likeness (QED) is 0.828. The summed E-state index contributed by atoms with van der Waals surface area (Å²) in [6.45, 7) is 2.89. The van der Waals surface area contributed by atoms with E-state index in [0.29, 0.717) is 13.2 Å². The molecule has 5 heteroatoms. The molecule has 5 nitrogen and oxygen atoms in total. The molecule has 1 heterocycles. The molecule has 1 aromatic heterocycles. The number of benzene rings is 1. The number of carbonyl (C=O) groups is 1. The highest BCUT2D eigenvalue weighted by Crippen LogP contribution is 2.24. The monoisotopic (exact) mass is 259 g/mol. The summed E-state index contributed by atoms with van der Waals surface area (Å²) in [4.78, 5) is 16.1. The van der Waals surface area contributed by atoms with E-state index < -0.39 is 0 Å².